The van der Waals surface area contributed by atoms with E-state index in [0.717, 1.165) is 32.7 Å². The second kappa shape index (κ2) is 5.29. The first-order chi connectivity index (χ1) is 6.69. The van der Waals surface area contributed by atoms with Crippen molar-refractivity contribution in [3.63, 3.8) is 0 Å². The molecule has 0 aromatic heterocycles. The highest BCUT2D eigenvalue weighted by atomic mass is 16.4. The highest BCUT2D eigenvalue weighted by molar-refractivity contribution is 5.73. The number of carbonyl (C=O) groups is 1. The summed E-state index contributed by atoms with van der Waals surface area (Å²) in [7, 11) is 0. The molecule has 1 heterocycles. The molecule has 1 aliphatic rings. The normalized spacial score (nSPS) is 22.1. The summed E-state index contributed by atoms with van der Waals surface area (Å²) in [6, 6.07) is -0.506. The second-order valence-electron chi connectivity index (χ2n) is 3.56. The third-order valence-corrected chi connectivity index (χ3v) is 2.80. The fourth-order valence-corrected chi connectivity index (χ4v) is 1.80. The lowest BCUT2D eigenvalue weighted by Gasteiger charge is -2.36. The van der Waals surface area contributed by atoms with E-state index in [4.69, 9.17) is 10.8 Å². The van der Waals surface area contributed by atoms with E-state index < -0.39 is 12.0 Å². The monoisotopic (exact) mass is 201 g/mol. The highest BCUT2D eigenvalue weighted by Crippen LogP contribution is 2.05. The minimum Gasteiger partial charge on any atom is -0.480 e. The van der Waals surface area contributed by atoms with Crippen LogP contribution in [0.2, 0.25) is 0 Å². The van der Waals surface area contributed by atoms with Crippen LogP contribution >= 0.6 is 0 Å². The quantitative estimate of drug-likeness (QED) is 0.613. The van der Waals surface area contributed by atoms with Crippen LogP contribution in [0.1, 0.15) is 6.92 Å². The minimum atomic E-state index is -0.808. The van der Waals surface area contributed by atoms with Gasteiger partial charge in [0.05, 0.1) is 0 Å². The summed E-state index contributed by atoms with van der Waals surface area (Å²) in [5.74, 6) is -0.808. The third kappa shape index (κ3) is 2.67. The molecule has 14 heavy (non-hydrogen) atoms. The van der Waals surface area contributed by atoms with Crippen LogP contribution in [0, 0.1) is 0 Å². The van der Waals surface area contributed by atoms with Crippen molar-refractivity contribution in [3.8, 4) is 0 Å². The molecule has 5 nitrogen and oxygen atoms in total. The van der Waals surface area contributed by atoms with Gasteiger partial charge in [0.25, 0.3) is 0 Å². The van der Waals surface area contributed by atoms with Crippen molar-refractivity contribution >= 4 is 5.97 Å². The van der Waals surface area contributed by atoms with Crippen LogP contribution in [0.4, 0.5) is 0 Å². The first-order valence-electron chi connectivity index (χ1n) is 5.08. The van der Waals surface area contributed by atoms with Crippen molar-refractivity contribution in [1.29, 1.82) is 0 Å². The molecule has 0 aliphatic carbocycles. The fourth-order valence-electron chi connectivity index (χ4n) is 1.80. The summed E-state index contributed by atoms with van der Waals surface area (Å²) >= 11 is 0. The van der Waals surface area contributed by atoms with Gasteiger partial charge in [-0.15, -0.1) is 0 Å². The van der Waals surface area contributed by atoms with Gasteiger partial charge in [-0.05, 0) is 6.54 Å². The Balaban J connectivity index is 2.43. The van der Waals surface area contributed by atoms with Crippen molar-refractivity contribution in [2.45, 2.75) is 13.0 Å². The number of carboxylic acids is 1. The number of hydrogen-bond donors (Lipinski definition) is 2. The van der Waals surface area contributed by atoms with Crippen LogP contribution in [0.3, 0.4) is 0 Å². The Labute approximate surface area is 84.5 Å². The van der Waals surface area contributed by atoms with Gasteiger partial charge in [-0.25, -0.2) is 0 Å². The predicted molar refractivity (Wildman–Crippen MR) is 54.2 cm³/mol. The first-order valence-corrected chi connectivity index (χ1v) is 5.08. The zero-order valence-corrected chi connectivity index (χ0v) is 8.65. The summed E-state index contributed by atoms with van der Waals surface area (Å²) in [5, 5.41) is 8.91. The highest BCUT2D eigenvalue weighted by Gasteiger charge is 2.26. The number of carboxylic acid groups (broad SMARTS) is 1. The summed E-state index contributed by atoms with van der Waals surface area (Å²) in [6.45, 7) is 6.85. The van der Waals surface area contributed by atoms with E-state index in [1.807, 2.05) is 4.90 Å². The van der Waals surface area contributed by atoms with Gasteiger partial charge >= 0.3 is 5.97 Å². The third-order valence-electron chi connectivity index (χ3n) is 2.80. The molecule has 3 N–H and O–H groups in total. The van der Waals surface area contributed by atoms with E-state index in [1.54, 1.807) is 0 Å². The van der Waals surface area contributed by atoms with Gasteiger partial charge in [0.15, 0.2) is 0 Å². The maximum Gasteiger partial charge on any atom is 0.322 e. The van der Waals surface area contributed by atoms with Gasteiger partial charge < -0.3 is 15.7 Å². The lowest BCUT2D eigenvalue weighted by atomic mass is 10.2. The van der Waals surface area contributed by atoms with Gasteiger partial charge in [0.1, 0.15) is 6.04 Å². The van der Waals surface area contributed by atoms with Crippen molar-refractivity contribution in [3.05, 3.63) is 0 Å². The molecule has 1 aliphatic heterocycles. The molecule has 0 bridgehead atoms. The van der Waals surface area contributed by atoms with E-state index in [-0.39, 0.29) is 6.54 Å². The number of hydrogen-bond acceptors (Lipinski definition) is 4. The van der Waals surface area contributed by atoms with Crippen LogP contribution in [-0.4, -0.2) is 66.2 Å². The zero-order chi connectivity index (χ0) is 10.6. The zero-order valence-electron chi connectivity index (χ0n) is 8.65. The Kier molecular flexibility index (Phi) is 4.31. The number of rotatable bonds is 4. The van der Waals surface area contributed by atoms with E-state index in [0.29, 0.717) is 0 Å². The van der Waals surface area contributed by atoms with Crippen LogP contribution < -0.4 is 5.73 Å². The average Bonchev–Trinajstić information content (AvgIpc) is 2.19. The lowest BCUT2D eigenvalue weighted by molar-refractivity contribution is -0.143. The predicted octanol–water partition coefficient (Wildman–Crippen LogP) is -0.964. The molecule has 1 saturated heterocycles. The summed E-state index contributed by atoms with van der Waals surface area (Å²) in [6.07, 6.45) is 0. The molecule has 82 valence electrons. The summed E-state index contributed by atoms with van der Waals surface area (Å²) in [5.41, 5.74) is 5.44. The Hall–Kier alpha value is -0.650. The van der Waals surface area contributed by atoms with Gasteiger partial charge in [-0.1, -0.05) is 6.92 Å². The minimum absolute atomic E-state index is 0.196. The lowest BCUT2D eigenvalue weighted by Crippen LogP contribution is -2.54. The molecule has 1 atom stereocenters. The van der Waals surface area contributed by atoms with Crippen molar-refractivity contribution in [2.75, 3.05) is 39.3 Å². The molecular weight excluding hydrogens is 182 g/mol. The van der Waals surface area contributed by atoms with E-state index >= 15 is 0 Å². The Bertz CT molecular complexity index is 190. The molecule has 5 heteroatoms. The van der Waals surface area contributed by atoms with Crippen molar-refractivity contribution in [2.24, 2.45) is 5.73 Å². The molecule has 0 spiro atoms. The SMILES string of the molecule is CCN1CCN(C(CN)C(=O)O)CC1. The topological polar surface area (TPSA) is 69.8 Å². The van der Waals surface area contributed by atoms with Gasteiger partial charge in [-0.2, -0.15) is 0 Å². The number of nitrogens with zero attached hydrogens (tertiary/aromatic N) is 2. The van der Waals surface area contributed by atoms with Gasteiger partial charge in [0.2, 0.25) is 0 Å². The van der Waals surface area contributed by atoms with Gasteiger partial charge in [-0.3, -0.25) is 9.69 Å². The average molecular weight is 201 g/mol. The standard InChI is InChI=1S/C9H19N3O2/c1-2-11-3-5-12(6-4-11)8(7-10)9(13)14/h8H,2-7,10H2,1H3,(H,13,14). The Morgan fingerprint density at radius 2 is 2.00 bits per heavy atom. The molecule has 0 saturated carbocycles. The van der Waals surface area contributed by atoms with Crippen LogP contribution in [0.5, 0.6) is 0 Å². The fraction of sp³-hybridized carbons (Fsp3) is 0.889. The molecule has 0 aromatic rings. The molecule has 1 fully saturated rings. The van der Waals surface area contributed by atoms with E-state index in [1.165, 1.54) is 0 Å². The molecule has 0 amide bonds. The molecule has 0 aromatic carbocycles. The van der Waals surface area contributed by atoms with Crippen LogP contribution in [0.25, 0.3) is 0 Å². The van der Waals surface area contributed by atoms with Gasteiger partial charge in [0, 0.05) is 32.7 Å². The Morgan fingerprint density at radius 1 is 1.43 bits per heavy atom. The molecule has 1 unspecified atom stereocenters. The number of nitrogens with two attached hydrogens (primary N) is 1. The van der Waals surface area contributed by atoms with Crippen LogP contribution in [-0.2, 0) is 4.79 Å². The van der Waals surface area contributed by atoms with E-state index in [9.17, 15) is 4.79 Å². The molecular formula is C9H19N3O2. The summed E-state index contributed by atoms with van der Waals surface area (Å²) < 4.78 is 0. The number of piperazine rings is 1. The van der Waals surface area contributed by atoms with Crippen molar-refractivity contribution in [1.82, 2.24) is 9.80 Å². The number of aliphatic carboxylic acids is 1. The molecule has 0 radical (unpaired) electrons. The Morgan fingerprint density at radius 3 is 2.36 bits per heavy atom. The first kappa shape index (κ1) is 11.4. The number of likely N-dealkylation sites (N-methyl/N-ethyl adjacent to an activating group) is 1. The summed E-state index contributed by atoms with van der Waals surface area (Å²) in [4.78, 5) is 15.1. The smallest absolute Gasteiger partial charge is 0.322 e. The van der Waals surface area contributed by atoms with E-state index in [2.05, 4.69) is 11.8 Å². The molecule has 1 rings (SSSR count). The largest absolute Gasteiger partial charge is 0.480 e. The second-order valence-corrected chi connectivity index (χ2v) is 3.56. The van der Waals surface area contributed by atoms with Crippen LogP contribution in [0.15, 0.2) is 0 Å². The maximum absolute atomic E-state index is 10.8. The van der Waals surface area contributed by atoms with Crippen molar-refractivity contribution < 1.29 is 9.90 Å². The maximum atomic E-state index is 10.8.